The van der Waals surface area contributed by atoms with E-state index in [1.165, 1.54) is 28.0 Å². The van der Waals surface area contributed by atoms with E-state index < -0.39 is 0 Å². The van der Waals surface area contributed by atoms with Crippen LogP contribution in [0.4, 0.5) is 0 Å². The first-order chi connectivity index (χ1) is 13.9. The first-order valence-corrected chi connectivity index (χ1v) is 10.1. The lowest BCUT2D eigenvalue weighted by Crippen LogP contribution is -2.25. The molecule has 3 heterocycles. The Hall–Kier alpha value is -2.92. The fraction of sp³-hybridized carbons (Fsp3) is 0.304. The Bertz CT molecular complexity index is 1080. The van der Waals surface area contributed by atoms with E-state index in [-0.39, 0.29) is 0 Å². The summed E-state index contributed by atoms with van der Waals surface area (Å²) in [6.45, 7) is 3.69. The molecule has 0 saturated heterocycles. The second-order valence-corrected chi connectivity index (χ2v) is 7.47. The molecule has 4 aromatic rings. The van der Waals surface area contributed by atoms with Crippen LogP contribution in [0.1, 0.15) is 28.9 Å². The average Bonchev–Trinajstić information content (AvgIpc) is 3.31. The van der Waals surface area contributed by atoms with Crippen molar-refractivity contribution in [1.82, 2.24) is 24.6 Å². The Morgan fingerprint density at radius 3 is 2.79 bits per heavy atom. The summed E-state index contributed by atoms with van der Waals surface area (Å²) >= 11 is 0. The summed E-state index contributed by atoms with van der Waals surface area (Å²) in [7, 11) is 0. The minimum Gasteiger partial charge on any atom is -0.324 e. The number of rotatable bonds is 6. The molecule has 0 saturated carbocycles. The van der Waals surface area contributed by atoms with Gasteiger partial charge in [-0.25, -0.2) is 4.98 Å². The Morgan fingerprint density at radius 2 is 1.86 bits per heavy atom. The predicted octanol–water partition coefficient (Wildman–Crippen LogP) is 3.56. The van der Waals surface area contributed by atoms with E-state index in [1.54, 1.807) is 0 Å². The molecule has 0 atom stereocenters. The van der Waals surface area contributed by atoms with E-state index in [9.17, 15) is 0 Å². The van der Waals surface area contributed by atoms with Crippen LogP contribution in [0.25, 0.3) is 11.0 Å². The molecule has 0 aliphatic carbocycles. The van der Waals surface area contributed by atoms with Crippen LogP contribution < -0.4 is 5.32 Å². The van der Waals surface area contributed by atoms with Gasteiger partial charge in [0.05, 0.1) is 29.6 Å². The minimum absolute atomic E-state index is 0.774. The quantitative estimate of drug-likeness (QED) is 0.564. The Balaban J connectivity index is 1.38. The van der Waals surface area contributed by atoms with Crippen molar-refractivity contribution in [3.63, 3.8) is 0 Å². The zero-order valence-corrected chi connectivity index (χ0v) is 16.0. The van der Waals surface area contributed by atoms with Crippen molar-refractivity contribution in [2.24, 2.45) is 0 Å². The molecule has 0 unspecified atom stereocenters. The summed E-state index contributed by atoms with van der Waals surface area (Å²) in [6, 6.07) is 19.0. The summed E-state index contributed by atoms with van der Waals surface area (Å²) < 4.78 is 4.47. The summed E-state index contributed by atoms with van der Waals surface area (Å²) in [4.78, 5) is 4.53. The van der Waals surface area contributed by atoms with E-state index in [0.717, 1.165) is 51.0 Å². The van der Waals surface area contributed by atoms with E-state index in [2.05, 4.69) is 68.1 Å². The lowest BCUT2D eigenvalue weighted by molar-refractivity contribution is 0.529. The highest BCUT2D eigenvalue weighted by atomic mass is 15.3. The van der Waals surface area contributed by atoms with Gasteiger partial charge in [-0.05, 0) is 30.5 Å². The van der Waals surface area contributed by atoms with Gasteiger partial charge >= 0.3 is 0 Å². The van der Waals surface area contributed by atoms with Gasteiger partial charge in [0.25, 0.3) is 0 Å². The molecule has 142 valence electrons. The maximum Gasteiger partial charge on any atom is 0.0962 e. The first kappa shape index (κ1) is 17.2. The van der Waals surface area contributed by atoms with Gasteiger partial charge in [-0.15, -0.1) is 0 Å². The number of nitrogens with zero attached hydrogens (tertiary/aromatic N) is 4. The van der Waals surface area contributed by atoms with E-state index in [1.807, 2.05) is 12.4 Å². The van der Waals surface area contributed by atoms with Gasteiger partial charge in [-0.2, -0.15) is 5.10 Å². The second-order valence-electron chi connectivity index (χ2n) is 7.47. The van der Waals surface area contributed by atoms with Crippen LogP contribution in [0.15, 0.2) is 60.9 Å². The molecular weight excluding hydrogens is 346 g/mol. The second kappa shape index (κ2) is 7.60. The average molecular weight is 371 g/mol. The number of aryl methyl sites for hydroxylation is 2. The van der Waals surface area contributed by atoms with Crippen molar-refractivity contribution in [3.8, 4) is 0 Å². The molecule has 1 aliphatic rings. The van der Waals surface area contributed by atoms with Crippen LogP contribution >= 0.6 is 0 Å². The van der Waals surface area contributed by atoms with Crippen molar-refractivity contribution < 1.29 is 0 Å². The van der Waals surface area contributed by atoms with Crippen LogP contribution in [0.2, 0.25) is 0 Å². The summed E-state index contributed by atoms with van der Waals surface area (Å²) in [5.74, 6) is 0. The standard InChI is InChI=1S/C23H25N5/c1-2-7-18(8-3-1)9-6-14-28-22-12-13-24-15-19(22)21(26-28)16-27-17-25-20-10-4-5-11-23(20)27/h1-5,7-8,10-11,17,24H,6,9,12-16H2. The molecular formula is C23H25N5. The highest BCUT2D eigenvalue weighted by Crippen LogP contribution is 2.22. The maximum absolute atomic E-state index is 5.03. The van der Waals surface area contributed by atoms with E-state index in [0.29, 0.717) is 0 Å². The Morgan fingerprint density at radius 1 is 1.00 bits per heavy atom. The van der Waals surface area contributed by atoms with Gasteiger partial charge in [-0.3, -0.25) is 4.68 Å². The van der Waals surface area contributed by atoms with E-state index >= 15 is 0 Å². The largest absolute Gasteiger partial charge is 0.324 e. The molecule has 1 aliphatic heterocycles. The highest BCUT2D eigenvalue weighted by molar-refractivity contribution is 5.75. The molecule has 28 heavy (non-hydrogen) atoms. The highest BCUT2D eigenvalue weighted by Gasteiger charge is 2.21. The molecule has 1 N–H and O–H groups in total. The van der Waals surface area contributed by atoms with Crippen molar-refractivity contribution in [1.29, 1.82) is 0 Å². The van der Waals surface area contributed by atoms with Crippen LogP contribution in [-0.2, 0) is 32.5 Å². The molecule has 0 amide bonds. The summed E-state index contributed by atoms with van der Waals surface area (Å²) in [5.41, 5.74) is 7.56. The molecule has 0 spiro atoms. The van der Waals surface area contributed by atoms with Gasteiger partial charge in [0.2, 0.25) is 0 Å². The lowest BCUT2D eigenvalue weighted by atomic mass is 10.1. The van der Waals surface area contributed by atoms with Crippen molar-refractivity contribution in [3.05, 3.63) is 83.4 Å². The van der Waals surface area contributed by atoms with Crippen LogP contribution in [-0.4, -0.2) is 25.9 Å². The third-order valence-corrected chi connectivity index (χ3v) is 5.62. The zero-order chi connectivity index (χ0) is 18.8. The maximum atomic E-state index is 5.03. The van der Waals surface area contributed by atoms with Gasteiger partial charge in [0.1, 0.15) is 0 Å². The van der Waals surface area contributed by atoms with Gasteiger partial charge < -0.3 is 9.88 Å². The number of para-hydroxylation sites is 2. The van der Waals surface area contributed by atoms with Gasteiger partial charge in [0, 0.05) is 37.3 Å². The molecule has 0 fully saturated rings. The number of hydrogen-bond acceptors (Lipinski definition) is 3. The smallest absolute Gasteiger partial charge is 0.0962 e. The Labute approximate surface area is 165 Å². The predicted molar refractivity (Wildman–Crippen MR) is 111 cm³/mol. The number of benzene rings is 2. The van der Waals surface area contributed by atoms with Crippen LogP contribution in [0, 0.1) is 0 Å². The fourth-order valence-electron chi connectivity index (χ4n) is 4.18. The Kier molecular flexibility index (Phi) is 4.67. The molecule has 0 bridgehead atoms. The molecule has 5 heteroatoms. The topological polar surface area (TPSA) is 47.7 Å². The van der Waals surface area contributed by atoms with Gasteiger partial charge in [0.15, 0.2) is 0 Å². The van der Waals surface area contributed by atoms with Crippen LogP contribution in [0.3, 0.4) is 0 Å². The number of nitrogens with one attached hydrogen (secondary N) is 1. The van der Waals surface area contributed by atoms with Crippen molar-refractivity contribution >= 4 is 11.0 Å². The zero-order valence-electron chi connectivity index (χ0n) is 16.0. The number of aromatic nitrogens is 4. The molecule has 2 aromatic carbocycles. The normalized spacial score (nSPS) is 13.7. The van der Waals surface area contributed by atoms with Crippen LogP contribution in [0.5, 0.6) is 0 Å². The third kappa shape index (κ3) is 3.34. The fourth-order valence-corrected chi connectivity index (χ4v) is 4.18. The summed E-state index contributed by atoms with van der Waals surface area (Å²) in [5, 5.41) is 8.55. The number of hydrogen-bond donors (Lipinski definition) is 1. The molecule has 2 aromatic heterocycles. The molecule has 0 radical (unpaired) electrons. The SMILES string of the molecule is c1ccc(CCCn2nc(Cn3cnc4ccccc43)c3c2CCNC3)cc1. The van der Waals surface area contributed by atoms with Crippen molar-refractivity contribution in [2.75, 3.05) is 6.54 Å². The minimum atomic E-state index is 0.774. The summed E-state index contributed by atoms with van der Waals surface area (Å²) in [6.07, 6.45) is 5.19. The monoisotopic (exact) mass is 371 g/mol. The number of fused-ring (bicyclic) bond motifs is 2. The lowest BCUT2D eigenvalue weighted by Gasteiger charge is -2.16. The first-order valence-electron chi connectivity index (χ1n) is 10.1. The molecule has 5 rings (SSSR count). The van der Waals surface area contributed by atoms with E-state index in [4.69, 9.17) is 5.10 Å². The third-order valence-electron chi connectivity index (χ3n) is 5.62. The van der Waals surface area contributed by atoms with Crippen molar-refractivity contribution in [2.45, 2.75) is 38.9 Å². The number of imidazole rings is 1. The molecule has 5 nitrogen and oxygen atoms in total. The van der Waals surface area contributed by atoms with Gasteiger partial charge in [-0.1, -0.05) is 42.5 Å².